The Balaban J connectivity index is 3.18. The largest absolute Gasteiger partial charge is 0.508 e. The van der Waals surface area contributed by atoms with Gasteiger partial charge in [-0.1, -0.05) is 9.24 Å². The number of hydrogen-bond donors (Lipinski definition) is 0. The van der Waals surface area contributed by atoms with Gasteiger partial charge < -0.3 is 14.2 Å². The van der Waals surface area contributed by atoms with Crippen molar-refractivity contribution in [1.82, 2.24) is 0 Å². The first-order valence-electron chi connectivity index (χ1n) is 6.41. The van der Waals surface area contributed by atoms with Crippen LogP contribution in [0.25, 0.3) is 0 Å². The molecule has 18 heteroatoms. The molecule has 0 aliphatic carbocycles. The molecule has 1 rings (SSSR count). The maximum atomic E-state index is 13.8. The second kappa shape index (κ2) is 7.23. The van der Waals surface area contributed by atoms with Gasteiger partial charge >= 0.3 is 36.6 Å². The van der Waals surface area contributed by atoms with Gasteiger partial charge in [-0.15, -0.1) is 0 Å². The molecule has 0 amide bonds. The van der Waals surface area contributed by atoms with E-state index < -0.39 is 61.3 Å². The highest BCUT2D eigenvalue weighted by atomic mass is 31.0. The number of carbonyl (C=O) groups is 1. The molecule has 0 N–H and O–H groups in total. The van der Waals surface area contributed by atoms with Crippen molar-refractivity contribution in [1.29, 1.82) is 0 Å². The van der Waals surface area contributed by atoms with Gasteiger partial charge in [0, 0.05) is 0 Å². The summed E-state index contributed by atoms with van der Waals surface area (Å²) in [5.41, 5.74) is 0. The number of carbonyl (C=O) groups excluding carboxylic acids is 1. The van der Waals surface area contributed by atoms with Gasteiger partial charge in [-0.3, -0.25) is 4.74 Å². The predicted octanol–water partition coefficient (Wildman–Crippen LogP) is 4.07. The minimum atomic E-state index is -7.28. The molecule has 0 aromatic carbocycles. The molecule has 3 unspecified atom stereocenters. The van der Waals surface area contributed by atoms with Gasteiger partial charge in [0.25, 0.3) is 5.34 Å². The molecule has 0 aromatic rings. The fourth-order valence-corrected chi connectivity index (χ4v) is 1.70. The number of hydrogen-bond acceptors (Lipinski definition) is 5. The van der Waals surface area contributed by atoms with Gasteiger partial charge in [-0.2, -0.15) is 52.7 Å². The molecule has 0 radical (unpaired) electrons. The summed E-state index contributed by atoms with van der Waals surface area (Å²) in [7, 11) is -0.114. The lowest BCUT2D eigenvalue weighted by molar-refractivity contribution is -0.484. The highest BCUT2D eigenvalue weighted by Gasteiger charge is 2.81. The zero-order valence-electron chi connectivity index (χ0n) is 12.6. The lowest BCUT2D eigenvalue weighted by atomic mass is 10.2. The third-order valence-electron chi connectivity index (χ3n) is 2.96. The zero-order valence-corrected chi connectivity index (χ0v) is 13.8. The van der Waals surface area contributed by atoms with Crippen LogP contribution in [0.2, 0.25) is 0 Å². The molecular weight excluding hydrogens is 459 g/mol. The molecule has 1 saturated heterocycles. The molecule has 28 heavy (non-hydrogen) atoms. The molecule has 166 valence electrons. The van der Waals surface area contributed by atoms with E-state index in [-0.39, 0.29) is 9.24 Å². The summed E-state index contributed by atoms with van der Waals surface area (Å²) < 4.78 is 168. The Hall–Kier alpha value is -1.22. The molecule has 0 spiro atoms. The average Bonchev–Trinajstić information content (AvgIpc) is 2.87. The lowest BCUT2D eigenvalue weighted by Gasteiger charge is -2.41. The van der Waals surface area contributed by atoms with E-state index in [1.54, 1.807) is 0 Å². The van der Waals surface area contributed by atoms with Crippen molar-refractivity contribution in [2.75, 3.05) is 13.2 Å². The maximum Gasteiger partial charge on any atom is 0.508 e. The predicted molar refractivity (Wildman–Crippen MR) is 62.6 cm³/mol. The Morgan fingerprint density at radius 1 is 0.893 bits per heavy atom. The number of rotatable bonds is 7. The van der Waals surface area contributed by atoms with E-state index in [9.17, 15) is 57.5 Å². The van der Waals surface area contributed by atoms with Crippen LogP contribution < -0.4 is 0 Å². The smallest absolute Gasteiger partial charge is 0.430 e. The van der Waals surface area contributed by atoms with Crippen LogP contribution in [0, 0.1) is 0 Å². The summed E-state index contributed by atoms with van der Waals surface area (Å²) in [6, 6.07) is 0. The molecule has 0 saturated carbocycles. The minimum Gasteiger partial charge on any atom is -0.430 e. The van der Waals surface area contributed by atoms with Crippen LogP contribution in [0.5, 0.6) is 0 Å². The fourth-order valence-electron chi connectivity index (χ4n) is 1.47. The van der Waals surface area contributed by atoms with Crippen molar-refractivity contribution in [2.24, 2.45) is 0 Å². The van der Waals surface area contributed by atoms with Crippen LogP contribution in [0.4, 0.5) is 57.5 Å². The zero-order chi connectivity index (χ0) is 22.4. The Morgan fingerprint density at radius 3 is 1.75 bits per heavy atom. The third kappa shape index (κ3) is 4.50. The van der Waals surface area contributed by atoms with Gasteiger partial charge in [0.1, 0.15) is 6.61 Å². The van der Waals surface area contributed by atoms with Gasteiger partial charge in [0.05, 0.1) is 6.61 Å². The van der Waals surface area contributed by atoms with Crippen LogP contribution in [0.3, 0.4) is 0 Å². The van der Waals surface area contributed by atoms with E-state index in [0.717, 1.165) is 0 Å². The van der Waals surface area contributed by atoms with Crippen LogP contribution in [0.15, 0.2) is 0 Å². The van der Waals surface area contributed by atoms with E-state index in [4.69, 9.17) is 0 Å². The summed E-state index contributed by atoms with van der Waals surface area (Å²) in [6.45, 7) is -2.45. The average molecular weight is 466 g/mol. The Kier molecular flexibility index (Phi) is 6.41. The second-order valence-corrected chi connectivity index (χ2v) is 5.87. The molecule has 1 heterocycles. The van der Waals surface area contributed by atoms with Crippen molar-refractivity contribution >= 4 is 15.4 Å². The summed E-state index contributed by atoms with van der Waals surface area (Å²) in [5.74, 6) is -7.28. The van der Waals surface area contributed by atoms with Crippen LogP contribution in [0.1, 0.15) is 0 Å². The first kappa shape index (κ1) is 24.8. The van der Waals surface area contributed by atoms with Crippen molar-refractivity contribution in [3.05, 3.63) is 0 Å². The molecular formula is C10H7F12O5P. The lowest BCUT2D eigenvalue weighted by Crippen LogP contribution is -2.64. The number of halogens is 12. The van der Waals surface area contributed by atoms with Crippen molar-refractivity contribution in [3.8, 4) is 0 Å². The molecule has 1 aliphatic heterocycles. The summed E-state index contributed by atoms with van der Waals surface area (Å²) in [6.07, 6.45) is -30.1. The molecule has 0 bridgehead atoms. The summed E-state index contributed by atoms with van der Waals surface area (Å²) in [4.78, 5) is 10.5. The van der Waals surface area contributed by atoms with E-state index in [0.29, 0.717) is 0 Å². The van der Waals surface area contributed by atoms with E-state index in [1.807, 2.05) is 0 Å². The fraction of sp³-hybridized carbons (Fsp3) is 0.900. The Morgan fingerprint density at radius 2 is 1.39 bits per heavy atom. The van der Waals surface area contributed by atoms with E-state index >= 15 is 0 Å². The Labute approximate surface area is 148 Å². The normalized spacial score (nSPS) is 21.9. The number of cyclic esters (lactones) is 2. The maximum absolute atomic E-state index is 13.8. The molecule has 5 nitrogen and oxygen atoms in total. The second-order valence-electron chi connectivity index (χ2n) is 5.05. The van der Waals surface area contributed by atoms with E-state index in [1.165, 1.54) is 0 Å². The summed E-state index contributed by atoms with van der Waals surface area (Å²) >= 11 is 0. The molecule has 1 fully saturated rings. The highest BCUT2D eigenvalue weighted by molar-refractivity contribution is 7.19. The quantitative estimate of drug-likeness (QED) is 0.322. The SMILES string of the molecule is O=C1OCC(COC(F)(F)C(P)(OC(F)(F)C(F)(F)C(F)(F)F)C(F)(F)F)O1. The number of ether oxygens (including phenoxy) is 4. The first-order chi connectivity index (χ1) is 12.2. The standard InChI is InChI=1S/C10H7F12O5P/c11-5(12,7(13,14)15)9(19,20)27-6(28,8(16,17)18)10(21,22)25-2-3-1-24-4(23)26-3/h3H,1-2,28H2. The van der Waals surface area contributed by atoms with Gasteiger partial charge in [-0.05, 0) is 0 Å². The Bertz CT molecular complexity index is 590. The highest BCUT2D eigenvalue weighted by Crippen LogP contribution is 2.56. The van der Waals surface area contributed by atoms with Crippen molar-refractivity contribution in [3.63, 3.8) is 0 Å². The monoisotopic (exact) mass is 466 g/mol. The molecule has 3 atom stereocenters. The van der Waals surface area contributed by atoms with Crippen LogP contribution in [-0.2, 0) is 18.9 Å². The van der Waals surface area contributed by atoms with Crippen molar-refractivity contribution < 1.29 is 76.4 Å². The van der Waals surface area contributed by atoms with Crippen LogP contribution in [-0.4, -0.2) is 61.3 Å². The van der Waals surface area contributed by atoms with Crippen molar-refractivity contribution in [2.45, 2.75) is 41.9 Å². The first-order valence-corrected chi connectivity index (χ1v) is 6.99. The van der Waals surface area contributed by atoms with E-state index in [2.05, 4.69) is 18.9 Å². The molecule has 0 aromatic heterocycles. The van der Waals surface area contributed by atoms with Gasteiger partial charge in [0.15, 0.2) is 6.10 Å². The summed E-state index contributed by atoms with van der Waals surface area (Å²) in [5, 5.41) is -5.76. The molecule has 1 aliphatic rings. The third-order valence-corrected chi connectivity index (χ3v) is 3.75. The topological polar surface area (TPSA) is 54.0 Å². The van der Waals surface area contributed by atoms with Gasteiger partial charge in [0.2, 0.25) is 0 Å². The minimum absolute atomic E-state index is 0.114. The van der Waals surface area contributed by atoms with Crippen LogP contribution >= 0.6 is 9.24 Å². The van der Waals surface area contributed by atoms with Gasteiger partial charge in [-0.25, -0.2) is 4.79 Å². The number of alkyl halides is 12.